The summed E-state index contributed by atoms with van der Waals surface area (Å²) < 4.78 is 21.1. The zero-order valence-corrected chi connectivity index (χ0v) is 18.4. The van der Waals surface area contributed by atoms with Gasteiger partial charge in [0.05, 0.1) is 0 Å². The number of halogens is 1. The van der Waals surface area contributed by atoms with Crippen LogP contribution in [-0.2, 0) is 4.79 Å². The van der Waals surface area contributed by atoms with Gasteiger partial charge in [-0.05, 0) is 61.4 Å². The fourth-order valence-electron chi connectivity index (χ4n) is 3.27. The highest BCUT2D eigenvalue weighted by atomic mass is 19.1. The van der Waals surface area contributed by atoms with E-state index in [1.165, 1.54) is 28.8 Å². The highest BCUT2D eigenvalue weighted by Crippen LogP contribution is 2.26. The summed E-state index contributed by atoms with van der Waals surface area (Å²) in [6.45, 7) is 3.70. The molecule has 0 radical (unpaired) electrons. The van der Waals surface area contributed by atoms with Gasteiger partial charge in [-0.3, -0.25) is 14.0 Å². The van der Waals surface area contributed by atoms with Crippen LogP contribution < -0.4 is 15.6 Å². The van der Waals surface area contributed by atoms with Crippen LogP contribution in [0.2, 0.25) is 0 Å². The second-order valence-electron chi connectivity index (χ2n) is 7.54. The number of hydrogen-bond acceptors (Lipinski definition) is 5. The van der Waals surface area contributed by atoms with Crippen LogP contribution >= 0.6 is 0 Å². The average molecular weight is 454 g/mol. The number of amides is 1. The van der Waals surface area contributed by atoms with Crippen molar-refractivity contribution < 1.29 is 13.9 Å². The Labute approximate surface area is 194 Å². The summed E-state index contributed by atoms with van der Waals surface area (Å²) in [6, 6.07) is 17.9. The van der Waals surface area contributed by atoms with Gasteiger partial charge in [0, 0.05) is 11.9 Å². The van der Waals surface area contributed by atoms with E-state index in [0.29, 0.717) is 5.69 Å². The van der Waals surface area contributed by atoms with Gasteiger partial charge in [-0.1, -0.05) is 30.3 Å². The minimum absolute atomic E-state index is 0.150. The van der Waals surface area contributed by atoms with E-state index in [4.69, 9.17) is 4.74 Å². The van der Waals surface area contributed by atoms with E-state index in [0.717, 1.165) is 17.2 Å². The Bertz CT molecular complexity index is 1550. The van der Waals surface area contributed by atoms with Gasteiger partial charge in [0.1, 0.15) is 22.9 Å². The molecule has 168 valence electrons. The van der Waals surface area contributed by atoms with E-state index in [-0.39, 0.29) is 28.4 Å². The number of nitrogens with one attached hydrogen (secondary N) is 1. The molecule has 34 heavy (non-hydrogen) atoms. The van der Waals surface area contributed by atoms with Crippen LogP contribution in [0.25, 0.3) is 11.7 Å². The fraction of sp³-hybridized carbons (Fsp3) is 0.0769. The summed E-state index contributed by atoms with van der Waals surface area (Å²) in [4.78, 5) is 30.4. The number of ether oxygens (including phenoxy) is 1. The summed E-state index contributed by atoms with van der Waals surface area (Å²) in [5, 5.41) is 12.4. The summed E-state index contributed by atoms with van der Waals surface area (Å²) in [7, 11) is 0. The predicted octanol–water partition coefficient (Wildman–Crippen LogP) is 4.79. The SMILES string of the molecule is Cc1ccc(C)c(NC(=O)/C(C#N)=C\c2c(Oc3ccccc3F)nc3ccccn3c2=O)c1. The van der Waals surface area contributed by atoms with Crippen LogP contribution in [0.5, 0.6) is 11.6 Å². The van der Waals surface area contributed by atoms with Gasteiger partial charge in [-0.15, -0.1) is 0 Å². The van der Waals surface area contributed by atoms with E-state index in [1.807, 2.05) is 32.0 Å². The van der Waals surface area contributed by atoms with Crippen LogP contribution in [0.15, 0.2) is 77.2 Å². The number of para-hydroxylation sites is 1. The average Bonchev–Trinajstić information content (AvgIpc) is 2.83. The maximum atomic E-state index is 14.2. The van der Waals surface area contributed by atoms with Crippen molar-refractivity contribution in [1.82, 2.24) is 9.38 Å². The molecule has 0 spiro atoms. The number of nitriles is 1. The molecule has 0 aliphatic heterocycles. The quantitative estimate of drug-likeness (QED) is 0.346. The van der Waals surface area contributed by atoms with Crippen LogP contribution in [-0.4, -0.2) is 15.3 Å². The molecule has 0 aliphatic carbocycles. The minimum Gasteiger partial charge on any atom is -0.435 e. The number of nitrogens with zero attached hydrogens (tertiary/aromatic N) is 3. The number of pyridine rings is 1. The van der Waals surface area contributed by atoms with Crippen molar-refractivity contribution in [2.45, 2.75) is 13.8 Å². The Balaban J connectivity index is 1.82. The highest BCUT2D eigenvalue weighted by Gasteiger charge is 2.18. The van der Waals surface area contributed by atoms with E-state index in [2.05, 4.69) is 10.3 Å². The first kappa shape index (κ1) is 22.4. The lowest BCUT2D eigenvalue weighted by atomic mass is 10.1. The smallest absolute Gasteiger partial charge is 0.269 e. The van der Waals surface area contributed by atoms with Crippen molar-refractivity contribution in [1.29, 1.82) is 5.26 Å². The first-order valence-corrected chi connectivity index (χ1v) is 10.3. The van der Waals surface area contributed by atoms with Crippen LogP contribution in [0, 0.1) is 31.0 Å². The second-order valence-corrected chi connectivity index (χ2v) is 7.54. The molecule has 1 N–H and O–H groups in total. The van der Waals surface area contributed by atoms with Gasteiger partial charge >= 0.3 is 0 Å². The van der Waals surface area contributed by atoms with Crippen molar-refractivity contribution in [3.63, 3.8) is 0 Å². The van der Waals surface area contributed by atoms with E-state index in [9.17, 15) is 19.2 Å². The first-order valence-electron chi connectivity index (χ1n) is 10.3. The molecule has 2 aromatic heterocycles. The van der Waals surface area contributed by atoms with Crippen molar-refractivity contribution in [3.8, 4) is 17.7 Å². The summed E-state index contributed by atoms with van der Waals surface area (Å²) in [5.74, 6) is -1.73. The molecule has 4 rings (SSSR count). The number of rotatable bonds is 5. The molecule has 2 heterocycles. The van der Waals surface area contributed by atoms with Crippen LogP contribution in [0.4, 0.5) is 10.1 Å². The van der Waals surface area contributed by atoms with Crippen molar-refractivity contribution in [2.24, 2.45) is 0 Å². The van der Waals surface area contributed by atoms with Gasteiger partial charge in [-0.2, -0.15) is 10.2 Å². The van der Waals surface area contributed by atoms with Gasteiger partial charge < -0.3 is 10.1 Å². The molecule has 0 fully saturated rings. The number of carbonyl (C=O) groups excluding carboxylic acids is 1. The maximum absolute atomic E-state index is 14.2. The topological polar surface area (TPSA) is 96.5 Å². The zero-order chi connectivity index (χ0) is 24.2. The Kier molecular flexibility index (Phi) is 6.19. The Morgan fingerprint density at radius 1 is 1.15 bits per heavy atom. The lowest BCUT2D eigenvalue weighted by molar-refractivity contribution is -0.112. The lowest BCUT2D eigenvalue weighted by Crippen LogP contribution is -2.20. The number of hydrogen-bond donors (Lipinski definition) is 1. The molecule has 0 bridgehead atoms. The van der Waals surface area contributed by atoms with Gasteiger partial charge in [0.25, 0.3) is 11.5 Å². The zero-order valence-electron chi connectivity index (χ0n) is 18.4. The van der Waals surface area contributed by atoms with Crippen molar-refractivity contribution in [2.75, 3.05) is 5.32 Å². The molecular formula is C26H19FN4O3. The number of carbonyl (C=O) groups is 1. The molecule has 0 atom stereocenters. The normalized spacial score (nSPS) is 11.2. The maximum Gasteiger partial charge on any atom is 0.269 e. The molecular weight excluding hydrogens is 435 g/mol. The third kappa shape index (κ3) is 4.54. The Morgan fingerprint density at radius 3 is 2.68 bits per heavy atom. The van der Waals surface area contributed by atoms with Gasteiger partial charge in [0.2, 0.25) is 5.88 Å². The molecule has 0 saturated heterocycles. The molecule has 8 heteroatoms. The van der Waals surface area contributed by atoms with E-state index >= 15 is 0 Å². The monoisotopic (exact) mass is 454 g/mol. The lowest BCUT2D eigenvalue weighted by Gasteiger charge is -2.11. The predicted molar refractivity (Wildman–Crippen MR) is 126 cm³/mol. The van der Waals surface area contributed by atoms with Gasteiger partial charge in [-0.25, -0.2) is 4.39 Å². The molecule has 4 aromatic rings. The first-order chi connectivity index (χ1) is 16.4. The Hall–Kier alpha value is -4.77. The second kappa shape index (κ2) is 9.38. The largest absolute Gasteiger partial charge is 0.435 e. The summed E-state index contributed by atoms with van der Waals surface area (Å²) in [5.41, 5.74) is 1.46. The molecule has 7 nitrogen and oxygen atoms in total. The fourth-order valence-corrected chi connectivity index (χ4v) is 3.27. The number of fused-ring (bicyclic) bond motifs is 1. The third-order valence-corrected chi connectivity index (χ3v) is 5.07. The molecule has 0 saturated carbocycles. The third-order valence-electron chi connectivity index (χ3n) is 5.07. The van der Waals surface area contributed by atoms with Crippen LogP contribution in [0.1, 0.15) is 16.7 Å². The van der Waals surface area contributed by atoms with Crippen LogP contribution in [0.3, 0.4) is 0 Å². The molecule has 1 amide bonds. The van der Waals surface area contributed by atoms with Gasteiger partial charge in [0.15, 0.2) is 11.6 Å². The Morgan fingerprint density at radius 2 is 1.91 bits per heavy atom. The van der Waals surface area contributed by atoms with Crippen molar-refractivity contribution >= 4 is 23.3 Å². The number of benzene rings is 2. The number of anilines is 1. The summed E-state index contributed by atoms with van der Waals surface area (Å²) in [6.07, 6.45) is 2.60. The highest BCUT2D eigenvalue weighted by molar-refractivity contribution is 6.10. The van der Waals surface area contributed by atoms with Crippen molar-refractivity contribution in [3.05, 3.63) is 105 Å². The number of aromatic nitrogens is 2. The van der Waals surface area contributed by atoms with E-state index < -0.39 is 17.3 Å². The molecule has 0 unspecified atom stereocenters. The summed E-state index contributed by atoms with van der Waals surface area (Å²) >= 11 is 0. The molecule has 2 aromatic carbocycles. The standard InChI is InChI=1S/C26H19FN4O3/c1-16-10-11-17(2)21(13-16)29-24(32)18(15-28)14-19-25(34-22-8-4-3-7-20(22)27)30-23-9-5-6-12-31(23)26(19)33/h3-14H,1-2H3,(H,29,32)/b18-14-. The minimum atomic E-state index is -0.703. The van der Waals surface area contributed by atoms with E-state index in [1.54, 1.807) is 30.3 Å². The number of aryl methyl sites for hydroxylation is 2. The molecule has 0 aliphatic rings.